The van der Waals surface area contributed by atoms with E-state index in [1.165, 1.54) is 12.8 Å². The van der Waals surface area contributed by atoms with Gasteiger partial charge in [0.2, 0.25) is 5.91 Å². The van der Waals surface area contributed by atoms with Crippen molar-refractivity contribution in [3.63, 3.8) is 0 Å². The minimum absolute atomic E-state index is 0.00764. The highest BCUT2D eigenvalue weighted by Crippen LogP contribution is 2.22. The van der Waals surface area contributed by atoms with Crippen molar-refractivity contribution in [1.29, 1.82) is 0 Å². The van der Waals surface area contributed by atoms with Crippen LogP contribution < -0.4 is 5.73 Å². The highest BCUT2D eigenvalue weighted by Gasteiger charge is 2.16. The fourth-order valence-electron chi connectivity index (χ4n) is 2.22. The number of carbonyl (C=O) groups is 1. The van der Waals surface area contributed by atoms with Gasteiger partial charge in [-0.05, 0) is 38.7 Å². The van der Waals surface area contributed by atoms with Crippen LogP contribution in [0.4, 0.5) is 0 Å². The van der Waals surface area contributed by atoms with Crippen LogP contribution in [-0.2, 0) is 9.53 Å². The molecule has 0 atom stereocenters. The van der Waals surface area contributed by atoms with Gasteiger partial charge >= 0.3 is 0 Å². The van der Waals surface area contributed by atoms with Gasteiger partial charge in [-0.1, -0.05) is 79.2 Å². The first-order valence-electron chi connectivity index (χ1n) is 10.0. The van der Waals surface area contributed by atoms with E-state index in [0.29, 0.717) is 5.57 Å². The zero-order valence-corrected chi connectivity index (χ0v) is 18.7. The van der Waals surface area contributed by atoms with Gasteiger partial charge in [0.25, 0.3) is 0 Å². The van der Waals surface area contributed by atoms with Crippen molar-refractivity contribution < 1.29 is 9.53 Å². The van der Waals surface area contributed by atoms with Crippen LogP contribution in [-0.4, -0.2) is 18.1 Å². The molecule has 0 aromatic heterocycles. The average molecular weight is 366 g/mol. The Hall–Kier alpha value is -1.35. The van der Waals surface area contributed by atoms with Crippen LogP contribution in [0.5, 0.6) is 0 Å². The van der Waals surface area contributed by atoms with Crippen LogP contribution in [0.3, 0.4) is 0 Å². The first-order valence-corrected chi connectivity index (χ1v) is 10.0. The number of hydrogen-bond donors (Lipinski definition) is 1. The van der Waals surface area contributed by atoms with Gasteiger partial charge in [-0.3, -0.25) is 4.79 Å². The molecule has 3 heteroatoms. The van der Waals surface area contributed by atoms with Crippen molar-refractivity contribution in [1.82, 2.24) is 0 Å². The van der Waals surface area contributed by atoms with Crippen molar-refractivity contribution in [3.05, 3.63) is 36.0 Å². The predicted molar refractivity (Wildman–Crippen MR) is 115 cm³/mol. The van der Waals surface area contributed by atoms with Crippen molar-refractivity contribution in [3.8, 4) is 0 Å². The quantitative estimate of drug-likeness (QED) is 0.583. The standard InChI is InChI=1S/C11H24O.C10H13NO.C2H6/c1-6-8-11(4,5)12-9-7-10(2)3;1-10(2)6-3-4-8(5-7-10)9(11)12;1-2/h10H,6-9H2,1-5H3;3-7H,1-2H3,(H2,11,12);1-2H3. The van der Waals surface area contributed by atoms with Crippen LogP contribution in [0.2, 0.25) is 0 Å². The van der Waals surface area contributed by atoms with E-state index in [9.17, 15) is 4.79 Å². The van der Waals surface area contributed by atoms with E-state index in [1.54, 1.807) is 12.2 Å². The van der Waals surface area contributed by atoms with E-state index in [4.69, 9.17) is 10.5 Å². The topological polar surface area (TPSA) is 52.3 Å². The molecule has 0 radical (unpaired) electrons. The zero-order valence-electron chi connectivity index (χ0n) is 18.7. The maximum absolute atomic E-state index is 10.8. The molecule has 0 spiro atoms. The third kappa shape index (κ3) is 14.9. The van der Waals surface area contributed by atoms with E-state index in [-0.39, 0.29) is 16.9 Å². The summed E-state index contributed by atoms with van der Waals surface area (Å²) in [4.78, 5) is 10.8. The largest absolute Gasteiger partial charge is 0.376 e. The molecule has 0 aromatic carbocycles. The summed E-state index contributed by atoms with van der Waals surface area (Å²) in [5.74, 6) is 0.371. The summed E-state index contributed by atoms with van der Waals surface area (Å²) in [6, 6.07) is 0. The third-order valence-corrected chi connectivity index (χ3v) is 3.82. The Morgan fingerprint density at radius 2 is 1.81 bits per heavy atom. The molecule has 1 aliphatic rings. The molecule has 0 fully saturated rings. The van der Waals surface area contributed by atoms with Gasteiger partial charge in [-0.15, -0.1) is 0 Å². The van der Waals surface area contributed by atoms with E-state index in [0.717, 1.165) is 18.9 Å². The van der Waals surface area contributed by atoms with Crippen LogP contribution in [0.1, 0.15) is 81.6 Å². The van der Waals surface area contributed by atoms with Gasteiger partial charge < -0.3 is 10.5 Å². The number of rotatable bonds is 7. The highest BCUT2D eigenvalue weighted by molar-refractivity contribution is 5.95. The zero-order chi connectivity index (χ0) is 20.8. The molecule has 1 aliphatic carbocycles. The Morgan fingerprint density at radius 1 is 1.23 bits per heavy atom. The first kappa shape index (κ1) is 26.9. The number of hydrogen-bond acceptors (Lipinski definition) is 2. The molecule has 0 saturated heterocycles. The molecule has 1 amide bonds. The Balaban J connectivity index is 0. The van der Waals surface area contributed by atoms with Crippen molar-refractivity contribution in [2.45, 2.75) is 87.2 Å². The summed E-state index contributed by atoms with van der Waals surface area (Å²) in [5.41, 5.74) is 5.78. The summed E-state index contributed by atoms with van der Waals surface area (Å²) >= 11 is 0. The van der Waals surface area contributed by atoms with Gasteiger partial charge in [0.15, 0.2) is 0 Å². The molecular weight excluding hydrogens is 322 g/mol. The third-order valence-electron chi connectivity index (χ3n) is 3.82. The average Bonchev–Trinajstić information content (AvgIpc) is 2.70. The Kier molecular flexibility index (Phi) is 14.3. The van der Waals surface area contributed by atoms with Crippen molar-refractivity contribution >= 4 is 5.91 Å². The lowest BCUT2D eigenvalue weighted by Crippen LogP contribution is -2.24. The molecule has 2 N–H and O–H groups in total. The van der Waals surface area contributed by atoms with E-state index in [1.807, 2.05) is 32.1 Å². The molecule has 3 nitrogen and oxygen atoms in total. The molecule has 1 rings (SSSR count). The number of primary amides is 1. The summed E-state index contributed by atoms with van der Waals surface area (Å²) in [6.45, 7) is 20.1. The summed E-state index contributed by atoms with van der Waals surface area (Å²) < 4.78 is 5.78. The lowest BCUT2D eigenvalue weighted by Gasteiger charge is -2.25. The minimum atomic E-state index is -0.381. The fraction of sp³-hybridized carbons (Fsp3) is 0.696. The molecule has 0 aromatic rings. The molecule has 0 unspecified atom stereocenters. The van der Waals surface area contributed by atoms with Gasteiger partial charge in [0, 0.05) is 17.6 Å². The number of allylic oxidation sites excluding steroid dienone is 4. The van der Waals surface area contributed by atoms with E-state index in [2.05, 4.69) is 48.5 Å². The molecule has 26 heavy (non-hydrogen) atoms. The maximum Gasteiger partial charge on any atom is 0.248 e. The molecule has 0 bridgehead atoms. The number of nitrogens with two attached hydrogens (primary N) is 1. The number of carbonyl (C=O) groups excluding carboxylic acids is 1. The summed E-state index contributed by atoms with van der Waals surface area (Å²) in [6.07, 6.45) is 12.9. The van der Waals surface area contributed by atoms with Crippen molar-refractivity contribution in [2.75, 3.05) is 6.61 Å². The van der Waals surface area contributed by atoms with E-state index >= 15 is 0 Å². The van der Waals surface area contributed by atoms with Crippen molar-refractivity contribution in [2.24, 2.45) is 17.1 Å². The Labute approximate surface area is 162 Å². The Morgan fingerprint density at radius 3 is 2.27 bits per heavy atom. The number of ether oxygens (including phenoxy) is 1. The SMILES string of the molecule is CC.CC1(C)C=CC=C(C(N)=O)C=C1.CCCC(C)(C)OCCC(C)C. The summed E-state index contributed by atoms with van der Waals surface area (Å²) in [7, 11) is 0. The van der Waals surface area contributed by atoms with E-state index < -0.39 is 0 Å². The summed E-state index contributed by atoms with van der Waals surface area (Å²) in [5, 5.41) is 0. The second-order valence-electron chi connectivity index (χ2n) is 8.04. The number of amides is 1. The smallest absolute Gasteiger partial charge is 0.248 e. The maximum atomic E-state index is 10.8. The normalized spacial score (nSPS) is 15.2. The fourth-order valence-corrected chi connectivity index (χ4v) is 2.22. The van der Waals surface area contributed by atoms with Gasteiger partial charge in [-0.25, -0.2) is 0 Å². The first-order chi connectivity index (χ1) is 12.0. The van der Waals surface area contributed by atoms with Crippen LogP contribution in [0.15, 0.2) is 36.0 Å². The lowest BCUT2D eigenvalue weighted by atomic mass is 9.93. The molecular formula is C23H43NO2. The van der Waals surface area contributed by atoms with Gasteiger partial charge in [0.05, 0.1) is 5.60 Å². The molecule has 152 valence electrons. The lowest BCUT2D eigenvalue weighted by molar-refractivity contribution is -0.114. The van der Waals surface area contributed by atoms with Crippen LogP contribution in [0, 0.1) is 11.3 Å². The molecule has 0 saturated carbocycles. The second-order valence-corrected chi connectivity index (χ2v) is 8.04. The molecule has 0 heterocycles. The van der Waals surface area contributed by atoms with Crippen LogP contribution >= 0.6 is 0 Å². The molecule has 0 aliphatic heterocycles. The minimum Gasteiger partial charge on any atom is -0.376 e. The highest BCUT2D eigenvalue weighted by atomic mass is 16.5. The Bertz CT molecular complexity index is 469. The van der Waals surface area contributed by atoms with Crippen LogP contribution in [0.25, 0.3) is 0 Å². The monoisotopic (exact) mass is 365 g/mol. The van der Waals surface area contributed by atoms with Gasteiger partial charge in [0.1, 0.15) is 0 Å². The predicted octanol–water partition coefficient (Wildman–Crippen LogP) is 6.20. The van der Waals surface area contributed by atoms with Gasteiger partial charge in [-0.2, -0.15) is 0 Å². The second kappa shape index (κ2) is 13.8.